The van der Waals surface area contributed by atoms with Gasteiger partial charge in [-0.2, -0.15) is 0 Å². The summed E-state index contributed by atoms with van der Waals surface area (Å²) in [6.07, 6.45) is 19.9. The molecule has 1 aromatic carbocycles. The van der Waals surface area contributed by atoms with Gasteiger partial charge in [0.05, 0.1) is 0 Å². The van der Waals surface area contributed by atoms with Crippen molar-refractivity contribution in [2.24, 2.45) is 5.92 Å². The van der Waals surface area contributed by atoms with Crippen LogP contribution in [0.2, 0.25) is 0 Å². The molecule has 0 spiro atoms. The summed E-state index contributed by atoms with van der Waals surface area (Å²) in [6, 6.07) is 9.33. The minimum Gasteiger partial charge on any atom is -0.381 e. The number of benzene rings is 1. The van der Waals surface area contributed by atoms with Crippen LogP contribution in [0.25, 0.3) is 0 Å². The third kappa shape index (κ3) is 19.2. The molecule has 1 aromatic rings. The minimum absolute atomic E-state index is 0.871. The third-order valence-corrected chi connectivity index (χ3v) is 5.63. The second-order valence-electron chi connectivity index (χ2n) is 9.00. The second kappa shape index (κ2) is 22.9. The molecule has 0 amide bonds. The topological polar surface area (TPSA) is 9.23 Å². The summed E-state index contributed by atoms with van der Waals surface area (Å²) >= 11 is 0. The van der Waals surface area contributed by atoms with Crippen molar-refractivity contribution in [3.8, 4) is 0 Å². The third-order valence-electron chi connectivity index (χ3n) is 5.63. The SMILES string of the molecule is CC.CCCCCOCCCCCc1cccc(CCCCCCCCC(C)C)c1. The highest BCUT2D eigenvalue weighted by molar-refractivity contribution is 5.23. The number of hydrogen-bond donors (Lipinski definition) is 0. The van der Waals surface area contributed by atoms with Crippen LogP contribution in [0.15, 0.2) is 24.3 Å². The van der Waals surface area contributed by atoms with E-state index in [0.29, 0.717) is 0 Å². The molecule has 0 atom stereocenters. The molecule has 0 aromatic heterocycles. The summed E-state index contributed by atoms with van der Waals surface area (Å²) in [5.74, 6) is 0.871. The zero-order valence-corrected chi connectivity index (χ0v) is 21.3. The molecule has 1 rings (SSSR count). The van der Waals surface area contributed by atoms with Gasteiger partial charge < -0.3 is 4.74 Å². The molecule has 0 saturated carbocycles. The van der Waals surface area contributed by atoms with E-state index in [0.717, 1.165) is 19.1 Å². The summed E-state index contributed by atoms with van der Waals surface area (Å²) in [7, 11) is 0. The lowest BCUT2D eigenvalue weighted by Gasteiger charge is -2.07. The molecule has 30 heavy (non-hydrogen) atoms. The Kier molecular flexibility index (Phi) is 22.2. The monoisotopic (exact) mass is 418 g/mol. The van der Waals surface area contributed by atoms with Gasteiger partial charge in [0.1, 0.15) is 0 Å². The second-order valence-corrected chi connectivity index (χ2v) is 9.00. The van der Waals surface area contributed by atoms with Crippen LogP contribution in [0.4, 0.5) is 0 Å². The molecule has 0 aliphatic heterocycles. The lowest BCUT2D eigenvalue weighted by molar-refractivity contribution is 0.126. The van der Waals surface area contributed by atoms with Crippen LogP contribution in [0.5, 0.6) is 0 Å². The Labute approximate surface area is 190 Å². The predicted octanol–water partition coefficient (Wildman–Crippen LogP) is 9.56. The Morgan fingerprint density at radius 2 is 1.17 bits per heavy atom. The molecule has 0 aliphatic carbocycles. The van der Waals surface area contributed by atoms with Crippen molar-refractivity contribution in [3.05, 3.63) is 35.4 Å². The zero-order valence-electron chi connectivity index (χ0n) is 21.3. The molecular weight excluding hydrogens is 364 g/mol. The summed E-state index contributed by atoms with van der Waals surface area (Å²) in [4.78, 5) is 0. The van der Waals surface area contributed by atoms with Crippen molar-refractivity contribution in [3.63, 3.8) is 0 Å². The fourth-order valence-electron chi connectivity index (χ4n) is 3.80. The lowest BCUT2D eigenvalue weighted by atomic mass is 10.00. The molecule has 1 nitrogen and oxygen atoms in total. The van der Waals surface area contributed by atoms with E-state index in [-0.39, 0.29) is 0 Å². The molecule has 0 bridgehead atoms. The first-order chi connectivity index (χ1) is 14.7. The molecule has 0 aliphatic rings. The van der Waals surface area contributed by atoms with E-state index >= 15 is 0 Å². The maximum absolute atomic E-state index is 5.70. The maximum atomic E-state index is 5.70. The van der Waals surface area contributed by atoms with Crippen molar-refractivity contribution >= 4 is 0 Å². The first-order valence-electron chi connectivity index (χ1n) is 13.4. The largest absolute Gasteiger partial charge is 0.381 e. The van der Waals surface area contributed by atoms with Crippen molar-refractivity contribution in [2.75, 3.05) is 13.2 Å². The number of hydrogen-bond acceptors (Lipinski definition) is 1. The quantitative estimate of drug-likeness (QED) is 0.203. The average molecular weight is 419 g/mol. The van der Waals surface area contributed by atoms with Crippen LogP contribution < -0.4 is 0 Å². The highest BCUT2D eigenvalue weighted by atomic mass is 16.5. The van der Waals surface area contributed by atoms with Crippen LogP contribution in [-0.4, -0.2) is 13.2 Å². The lowest BCUT2D eigenvalue weighted by Crippen LogP contribution is -1.97. The van der Waals surface area contributed by atoms with Gasteiger partial charge in [0.15, 0.2) is 0 Å². The summed E-state index contributed by atoms with van der Waals surface area (Å²) in [5, 5.41) is 0. The smallest absolute Gasteiger partial charge is 0.0466 e. The Balaban J connectivity index is 0.00000407. The normalized spacial score (nSPS) is 10.9. The van der Waals surface area contributed by atoms with E-state index in [1.54, 1.807) is 0 Å². The summed E-state index contributed by atoms with van der Waals surface area (Å²) < 4.78 is 5.70. The van der Waals surface area contributed by atoms with E-state index < -0.39 is 0 Å². The van der Waals surface area contributed by atoms with E-state index in [1.807, 2.05) is 13.8 Å². The average Bonchev–Trinajstić information content (AvgIpc) is 2.76. The molecule has 0 heterocycles. The Bertz CT molecular complexity index is 451. The molecule has 1 heteroatoms. The van der Waals surface area contributed by atoms with Gasteiger partial charge in [-0.3, -0.25) is 0 Å². The van der Waals surface area contributed by atoms with Crippen molar-refractivity contribution < 1.29 is 4.74 Å². The van der Waals surface area contributed by atoms with Gasteiger partial charge in [-0.05, 0) is 55.6 Å². The van der Waals surface area contributed by atoms with E-state index in [2.05, 4.69) is 45.0 Å². The Hall–Kier alpha value is -0.820. The van der Waals surface area contributed by atoms with E-state index in [4.69, 9.17) is 4.74 Å². The number of aryl methyl sites for hydroxylation is 2. The van der Waals surface area contributed by atoms with Crippen LogP contribution in [0.1, 0.15) is 129 Å². The standard InChI is InChI=1S/C27H48O.C2H6/c1-4-5-14-22-28-23-15-10-13-19-27-21-16-20-26(24-27)18-12-9-7-6-8-11-17-25(2)3;1-2/h16,20-21,24-25H,4-15,17-19,22-23H2,1-3H3;1-2H3. The molecular formula is C29H54O. The molecule has 176 valence electrons. The Morgan fingerprint density at radius 3 is 1.73 bits per heavy atom. The van der Waals surface area contributed by atoms with E-state index in [1.165, 1.54) is 107 Å². The van der Waals surface area contributed by atoms with Crippen LogP contribution >= 0.6 is 0 Å². The van der Waals surface area contributed by atoms with Crippen LogP contribution in [-0.2, 0) is 17.6 Å². The molecule has 0 radical (unpaired) electrons. The van der Waals surface area contributed by atoms with Gasteiger partial charge in [-0.15, -0.1) is 0 Å². The summed E-state index contributed by atoms with van der Waals surface area (Å²) in [5.41, 5.74) is 3.06. The first kappa shape index (κ1) is 29.2. The zero-order chi connectivity index (χ0) is 22.3. The predicted molar refractivity (Wildman–Crippen MR) is 137 cm³/mol. The van der Waals surface area contributed by atoms with Crippen LogP contribution in [0.3, 0.4) is 0 Å². The molecule has 0 unspecified atom stereocenters. The molecule has 0 saturated heterocycles. The van der Waals surface area contributed by atoms with Crippen molar-refractivity contribution in [2.45, 2.75) is 131 Å². The van der Waals surface area contributed by atoms with Gasteiger partial charge >= 0.3 is 0 Å². The number of ether oxygens (including phenoxy) is 1. The van der Waals surface area contributed by atoms with Gasteiger partial charge in [0, 0.05) is 13.2 Å². The molecule has 0 fully saturated rings. The number of rotatable bonds is 19. The van der Waals surface area contributed by atoms with Gasteiger partial charge in [-0.1, -0.05) is 117 Å². The molecule has 0 N–H and O–H groups in total. The Morgan fingerprint density at radius 1 is 0.667 bits per heavy atom. The maximum Gasteiger partial charge on any atom is 0.0466 e. The fraction of sp³-hybridized carbons (Fsp3) is 0.793. The van der Waals surface area contributed by atoms with Gasteiger partial charge in [-0.25, -0.2) is 0 Å². The minimum atomic E-state index is 0.871. The van der Waals surface area contributed by atoms with Crippen LogP contribution in [0, 0.1) is 5.92 Å². The highest BCUT2D eigenvalue weighted by Gasteiger charge is 1.99. The highest BCUT2D eigenvalue weighted by Crippen LogP contribution is 2.15. The van der Waals surface area contributed by atoms with Gasteiger partial charge in [0.2, 0.25) is 0 Å². The first-order valence-corrected chi connectivity index (χ1v) is 13.4. The van der Waals surface area contributed by atoms with Crippen molar-refractivity contribution in [1.82, 2.24) is 0 Å². The van der Waals surface area contributed by atoms with Crippen molar-refractivity contribution in [1.29, 1.82) is 0 Å². The number of unbranched alkanes of at least 4 members (excludes halogenated alkanes) is 9. The van der Waals surface area contributed by atoms with Gasteiger partial charge in [0.25, 0.3) is 0 Å². The summed E-state index contributed by atoms with van der Waals surface area (Å²) in [6.45, 7) is 12.8. The fourth-order valence-corrected chi connectivity index (χ4v) is 3.80. The van der Waals surface area contributed by atoms with E-state index in [9.17, 15) is 0 Å².